The molecule has 0 bridgehead atoms. The molecule has 76 heavy (non-hydrogen) atoms. The van der Waals surface area contributed by atoms with Crippen molar-refractivity contribution < 1.29 is 0 Å². The maximum Gasteiger partial charge on any atom is 0.179 e. The van der Waals surface area contributed by atoms with Crippen LogP contribution in [0.25, 0.3) is 66.6 Å². The molecule has 0 saturated carbocycles. The Morgan fingerprint density at radius 2 is 0.461 bits per heavy atom. The molecule has 0 aliphatic heterocycles. The van der Waals surface area contributed by atoms with Crippen LogP contribution in [0.5, 0.6) is 0 Å². The van der Waals surface area contributed by atoms with E-state index in [0.29, 0.717) is 5.82 Å². The van der Waals surface area contributed by atoms with Crippen molar-refractivity contribution >= 4 is 101 Å². The van der Waals surface area contributed by atoms with Crippen LogP contribution in [-0.4, -0.2) is 35.2 Å². The third-order valence-electron chi connectivity index (χ3n) is 15.6. The van der Waals surface area contributed by atoms with Gasteiger partial charge in [-0.05, 0) is 65.8 Å². The highest BCUT2D eigenvalue weighted by Crippen LogP contribution is 2.36. The second-order valence-corrected chi connectivity index (χ2v) is 27.3. The van der Waals surface area contributed by atoms with Gasteiger partial charge in [0.1, 0.15) is 11.6 Å². The molecule has 0 unspecified atom stereocenters. The van der Waals surface area contributed by atoms with Crippen LogP contribution < -0.4 is 41.5 Å². The molecule has 0 spiro atoms. The highest BCUT2D eigenvalue weighted by atomic mass is 28.3. The van der Waals surface area contributed by atoms with Gasteiger partial charge in [0, 0.05) is 33.2 Å². The van der Waals surface area contributed by atoms with Gasteiger partial charge in [-0.3, -0.25) is 9.13 Å². The number of hydrogen-bond donors (Lipinski definition) is 0. The fourth-order valence-electron chi connectivity index (χ4n) is 12.4. The zero-order valence-corrected chi connectivity index (χ0v) is 43.7. The summed E-state index contributed by atoms with van der Waals surface area (Å²) in [5.74, 6) is 2.23. The molecule has 0 saturated heterocycles. The van der Waals surface area contributed by atoms with Gasteiger partial charge in [0.05, 0.1) is 22.1 Å². The Bertz CT molecular complexity index is 3810. The first-order chi connectivity index (χ1) is 37.7. The van der Waals surface area contributed by atoms with Crippen LogP contribution in [-0.2, 0) is 0 Å². The number of nitrogens with zero attached hydrogens (tertiary/aromatic N) is 4. The number of aromatic nitrogens is 4. The van der Waals surface area contributed by atoms with E-state index in [2.05, 4.69) is 312 Å². The number of hydrogen-bond acceptors (Lipinski definition) is 2. The fourth-order valence-corrected chi connectivity index (χ4v) is 22.2. The molecular weight excluding hydrogens is 953 g/mol. The Labute approximate surface area is 444 Å². The largest absolute Gasteiger partial charge is 0.294 e. The number of benzene rings is 11. The van der Waals surface area contributed by atoms with Gasteiger partial charge in [-0.25, -0.2) is 9.97 Å². The van der Waals surface area contributed by atoms with Gasteiger partial charge in [-0.1, -0.05) is 273 Å². The number of fused-ring (bicyclic) bond motifs is 6. The highest BCUT2D eigenvalue weighted by Gasteiger charge is 2.46. The van der Waals surface area contributed by atoms with Crippen LogP contribution in [0.4, 0.5) is 0 Å². The van der Waals surface area contributed by atoms with Crippen molar-refractivity contribution in [3.8, 4) is 23.0 Å². The minimum absolute atomic E-state index is 0.647. The standard InChI is InChI=1S/C70H50N4Si2/c1-7-27-52(28-8-1)75(53-29-9-2-10-30-53,54-31-11-3-12-32-54)58-47-51(48-59(49-58)76(55-33-13-4-14-34-55,56-35-15-5-16-36-56)57-37-17-6-18-38-57)70-71-68(73-64-43-23-19-39-60(64)61-40-20-24-44-65(61)73)50-69(72-70)74-66-45-25-21-41-62(66)63-42-22-26-46-67(63)74/h1-50H. The molecular formula is C70H50N4Si2. The summed E-state index contributed by atoms with van der Waals surface area (Å²) in [6, 6.07) is 112. The lowest BCUT2D eigenvalue weighted by atomic mass is 10.2. The molecule has 6 heteroatoms. The summed E-state index contributed by atoms with van der Waals surface area (Å²) in [6.45, 7) is 0. The van der Waals surface area contributed by atoms with E-state index < -0.39 is 16.1 Å². The van der Waals surface area contributed by atoms with Gasteiger partial charge in [0.15, 0.2) is 22.0 Å². The van der Waals surface area contributed by atoms with Crippen LogP contribution in [0, 0.1) is 0 Å². The Balaban J connectivity index is 1.18. The third kappa shape index (κ3) is 7.18. The molecule has 0 amide bonds. The van der Waals surface area contributed by atoms with E-state index in [1.54, 1.807) is 0 Å². The van der Waals surface area contributed by atoms with Gasteiger partial charge >= 0.3 is 0 Å². The first-order valence-corrected chi connectivity index (χ1v) is 30.1. The van der Waals surface area contributed by atoms with Gasteiger partial charge < -0.3 is 0 Å². The van der Waals surface area contributed by atoms with E-state index in [9.17, 15) is 0 Å². The summed E-state index contributed by atoms with van der Waals surface area (Å²) in [5.41, 5.74) is 5.30. The lowest BCUT2D eigenvalue weighted by molar-refractivity contribution is 0.994. The molecule has 11 aromatic carbocycles. The Kier molecular flexibility index (Phi) is 11.2. The predicted molar refractivity (Wildman–Crippen MR) is 323 cm³/mol. The zero-order chi connectivity index (χ0) is 50.5. The van der Waals surface area contributed by atoms with Crippen molar-refractivity contribution in [2.24, 2.45) is 0 Å². The minimum atomic E-state index is -3.20. The van der Waals surface area contributed by atoms with Crippen LogP contribution in [0.1, 0.15) is 0 Å². The van der Waals surface area contributed by atoms with Crippen LogP contribution in [0.3, 0.4) is 0 Å². The SMILES string of the molecule is c1ccc([Si](c2ccccc2)(c2ccccc2)c2cc(-c3nc(-n4c5ccccc5c5ccccc54)cc(-n4c5ccccc5c5ccccc54)n3)cc([Si](c3ccccc3)(c3ccccc3)c3ccccc3)c2)cc1. The fraction of sp³-hybridized carbons (Fsp3) is 0. The van der Waals surface area contributed by atoms with Gasteiger partial charge in [0.25, 0.3) is 0 Å². The normalized spacial score (nSPS) is 11.9. The average molecular weight is 1000 g/mol. The van der Waals surface area contributed by atoms with Crippen molar-refractivity contribution in [2.75, 3.05) is 0 Å². The Morgan fingerprint density at radius 3 is 0.724 bits per heavy atom. The summed E-state index contributed by atoms with van der Waals surface area (Å²) in [6.07, 6.45) is 0. The molecule has 0 aliphatic carbocycles. The van der Waals surface area contributed by atoms with E-state index >= 15 is 0 Å². The van der Waals surface area contributed by atoms with Gasteiger partial charge in [-0.2, -0.15) is 0 Å². The summed E-state index contributed by atoms with van der Waals surface area (Å²) in [5, 5.41) is 15.0. The van der Waals surface area contributed by atoms with Crippen molar-refractivity contribution in [1.82, 2.24) is 19.1 Å². The van der Waals surface area contributed by atoms with Crippen LogP contribution in [0.15, 0.2) is 303 Å². The second-order valence-electron chi connectivity index (χ2n) is 19.6. The van der Waals surface area contributed by atoms with Crippen molar-refractivity contribution in [1.29, 1.82) is 0 Å². The third-order valence-corrected chi connectivity index (χ3v) is 25.1. The molecule has 0 fully saturated rings. The highest BCUT2D eigenvalue weighted by molar-refractivity contribution is 7.22. The molecule has 358 valence electrons. The summed E-state index contributed by atoms with van der Waals surface area (Å²) >= 11 is 0. The molecule has 14 aromatic rings. The molecule has 0 N–H and O–H groups in total. The van der Waals surface area contributed by atoms with Crippen molar-refractivity contribution in [3.05, 3.63) is 303 Å². The van der Waals surface area contributed by atoms with Crippen molar-refractivity contribution in [2.45, 2.75) is 0 Å². The number of para-hydroxylation sites is 4. The lowest BCUT2D eigenvalue weighted by Gasteiger charge is -2.38. The maximum atomic E-state index is 5.87. The molecule has 14 rings (SSSR count). The van der Waals surface area contributed by atoms with Crippen LogP contribution >= 0.6 is 0 Å². The monoisotopic (exact) mass is 1000 g/mol. The molecule has 0 atom stereocenters. The second kappa shape index (κ2) is 18.8. The van der Waals surface area contributed by atoms with E-state index in [-0.39, 0.29) is 0 Å². The van der Waals surface area contributed by atoms with E-state index in [4.69, 9.17) is 9.97 Å². The molecule has 3 aromatic heterocycles. The van der Waals surface area contributed by atoms with Gasteiger partial charge in [-0.15, -0.1) is 0 Å². The van der Waals surface area contributed by atoms with Crippen molar-refractivity contribution in [3.63, 3.8) is 0 Å². The van der Waals surface area contributed by atoms with E-state index in [0.717, 1.165) is 39.3 Å². The predicted octanol–water partition coefficient (Wildman–Crippen LogP) is 11.1. The maximum absolute atomic E-state index is 5.87. The first kappa shape index (κ1) is 45.2. The topological polar surface area (TPSA) is 35.6 Å². The minimum Gasteiger partial charge on any atom is -0.294 e. The summed E-state index contributed by atoms with van der Waals surface area (Å²) in [4.78, 5) is 11.7. The summed E-state index contributed by atoms with van der Waals surface area (Å²) < 4.78 is 4.68. The summed E-state index contributed by atoms with van der Waals surface area (Å²) in [7, 11) is -6.40. The lowest BCUT2D eigenvalue weighted by Crippen LogP contribution is -2.78. The molecule has 4 nitrogen and oxygen atoms in total. The van der Waals surface area contributed by atoms with E-state index in [1.807, 2.05) is 0 Å². The Hall–Kier alpha value is -9.47. The Morgan fingerprint density at radius 1 is 0.224 bits per heavy atom. The molecule has 0 aliphatic rings. The van der Waals surface area contributed by atoms with Crippen LogP contribution in [0.2, 0.25) is 0 Å². The smallest absolute Gasteiger partial charge is 0.179 e. The molecule has 3 heterocycles. The first-order valence-electron chi connectivity index (χ1n) is 26.1. The zero-order valence-electron chi connectivity index (χ0n) is 41.7. The number of rotatable bonds is 11. The average Bonchev–Trinajstić information content (AvgIpc) is 4.06. The van der Waals surface area contributed by atoms with Gasteiger partial charge in [0.2, 0.25) is 0 Å². The van der Waals surface area contributed by atoms with E-state index in [1.165, 1.54) is 63.0 Å². The quantitative estimate of drug-likeness (QED) is 0.0956. The molecule has 0 radical (unpaired) electrons.